The number of hydrogen-bond donors (Lipinski definition) is 0. The minimum Gasteiger partial charge on any atom is -0.495 e. The number of hydrogen-bond acceptors (Lipinski definition) is 6. The van der Waals surface area contributed by atoms with E-state index in [0.717, 1.165) is 5.69 Å². The molecule has 33 heavy (non-hydrogen) atoms. The molecule has 1 fully saturated rings. The van der Waals surface area contributed by atoms with Gasteiger partial charge in [-0.1, -0.05) is 29.8 Å². The lowest BCUT2D eigenvalue weighted by atomic mass is 10.1. The van der Waals surface area contributed by atoms with E-state index in [1.54, 1.807) is 35.2 Å². The van der Waals surface area contributed by atoms with Crippen molar-refractivity contribution in [1.82, 2.24) is 4.90 Å². The molecule has 1 aromatic heterocycles. The Hall–Kier alpha value is -3.26. The van der Waals surface area contributed by atoms with Crippen LogP contribution in [0.2, 0.25) is 0 Å². The summed E-state index contributed by atoms with van der Waals surface area (Å²) < 4.78 is 36.6. The molecule has 0 spiro atoms. The van der Waals surface area contributed by atoms with Crippen molar-refractivity contribution in [1.29, 1.82) is 0 Å². The first kappa shape index (κ1) is 22.9. The Balaban J connectivity index is 1.43. The number of anilines is 1. The van der Waals surface area contributed by atoms with Gasteiger partial charge in [-0.25, -0.2) is 8.42 Å². The molecular formula is C25H28N2O5S. The molecule has 174 valence electrons. The number of sulfone groups is 1. The summed E-state index contributed by atoms with van der Waals surface area (Å²) in [6.07, 6.45) is 0. The second kappa shape index (κ2) is 9.31. The highest BCUT2D eigenvalue weighted by Gasteiger charge is 2.29. The standard InChI is InChI=1S/C25H28N2O5S/c1-18-8-10-20(11-9-18)27-15-14-26(16-19(27)2)25(28)23-13-12-21(32-23)17-33(29,30)24-7-5-4-6-22(24)31-3/h4-13,19H,14-17H2,1-3H3/t19-/m0/s1. The van der Waals surface area contributed by atoms with Crippen molar-refractivity contribution >= 4 is 21.4 Å². The fraction of sp³-hybridized carbons (Fsp3) is 0.320. The van der Waals surface area contributed by atoms with E-state index in [1.807, 2.05) is 0 Å². The van der Waals surface area contributed by atoms with Crippen LogP contribution in [0, 0.1) is 6.92 Å². The number of nitrogens with zero attached hydrogens (tertiary/aromatic N) is 2. The van der Waals surface area contributed by atoms with Crippen LogP contribution in [0.3, 0.4) is 0 Å². The Morgan fingerprint density at radius 1 is 1.06 bits per heavy atom. The third-order valence-corrected chi connectivity index (χ3v) is 7.56. The molecule has 1 saturated heterocycles. The number of furan rings is 1. The van der Waals surface area contributed by atoms with E-state index in [2.05, 4.69) is 43.0 Å². The fourth-order valence-electron chi connectivity index (χ4n) is 4.13. The molecule has 1 atom stereocenters. The molecule has 1 aliphatic heterocycles. The highest BCUT2D eigenvalue weighted by Crippen LogP contribution is 2.27. The smallest absolute Gasteiger partial charge is 0.289 e. The van der Waals surface area contributed by atoms with Crippen LogP contribution in [0.5, 0.6) is 5.75 Å². The molecular weight excluding hydrogens is 440 g/mol. The van der Waals surface area contributed by atoms with Gasteiger partial charge in [-0.3, -0.25) is 4.79 Å². The van der Waals surface area contributed by atoms with E-state index in [0.29, 0.717) is 19.6 Å². The summed E-state index contributed by atoms with van der Waals surface area (Å²) in [7, 11) is -2.27. The van der Waals surface area contributed by atoms with Gasteiger partial charge in [0, 0.05) is 31.4 Å². The third kappa shape index (κ3) is 4.90. The fourth-order valence-corrected chi connectivity index (χ4v) is 5.56. The van der Waals surface area contributed by atoms with Gasteiger partial charge in [0.1, 0.15) is 22.2 Å². The molecule has 3 aromatic rings. The third-order valence-electron chi connectivity index (χ3n) is 5.89. The highest BCUT2D eigenvalue weighted by molar-refractivity contribution is 7.90. The van der Waals surface area contributed by atoms with Crippen molar-refractivity contribution in [3.63, 3.8) is 0 Å². The van der Waals surface area contributed by atoms with Crippen LogP contribution in [0.1, 0.15) is 28.8 Å². The number of rotatable bonds is 6. The van der Waals surface area contributed by atoms with Crippen molar-refractivity contribution in [2.45, 2.75) is 30.5 Å². The summed E-state index contributed by atoms with van der Waals surface area (Å²) >= 11 is 0. The molecule has 4 rings (SSSR count). The normalized spacial score (nSPS) is 16.6. The first-order chi connectivity index (χ1) is 15.8. The SMILES string of the molecule is COc1ccccc1S(=O)(=O)Cc1ccc(C(=O)N2CCN(c3ccc(C)cc3)[C@@H](C)C2)o1. The average Bonchev–Trinajstić information content (AvgIpc) is 3.27. The average molecular weight is 469 g/mol. The van der Waals surface area contributed by atoms with Crippen LogP contribution >= 0.6 is 0 Å². The second-order valence-corrected chi connectivity index (χ2v) is 10.3. The lowest BCUT2D eigenvalue weighted by Crippen LogP contribution is -2.53. The van der Waals surface area contributed by atoms with Crippen molar-refractivity contribution < 1.29 is 22.4 Å². The van der Waals surface area contributed by atoms with E-state index >= 15 is 0 Å². The van der Waals surface area contributed by atoms with E-state index in [1.165, 1.54) is 18.7 Å². The van der Waals surface area contributed by atoms with Gasteiger partial charge in [-0.05, 0) is 50.2 Å². The van der Waals surface area contributed by atoms with Gasteiger partial charge in [0.15, 0.2) is 15.6 Å². The van der Waals surface area contributed by atoms with Crippen molar-refractivity contribution in [2.75, 3.05) is 31.6 Å². The molecule has 8 heteroatoms. The van der Waals surface area contributed by atoms with E-state index in [-0.39, 0.29) is 39.9 Å². The minimum atomic E-state index is -3.69. The Labute approximate surface area is 194 Å². The number of benzene rings is 2. The molecule has 1 amide bonds. The van der Waals surface area contributed by atoms with Crippen LogP contribution in [-0.4, -0.2) is 52.0 Å². The van der Waals surface area contributed by atoms with Crippen molar-refractivity contribution in [3.05, 3.63) is 77.7 Å². The van der Waals surface area contributed by atoms with Gasteiger partial charge in [0.05, 0.1) is 7.11 Å². The number of piperazine rings is 1. The number of para-hydroxylation sites is 1. The molecule has 7 nitrogen and oxygen atoms in total. The van der Waals surface area contributed by atoms with Gasteiger partial charge in [0.2, 0.25) is 0 Å². The number of methoxy groups -OCH3 is 1. The number of aryl methyl sites for hydroxylation is 1. The van der Waals surface area contributed by atoms with Gasteiger partial charge in [0.25, 0.3) is 5.91 Å². The minimum absolute atomic E-state index is 0.0952. The Kier molecular flexibility index (Phi) is 6.47. The summed E-state index contributed by atoms with van der Waals surface area (Å²) in [6, 6.07) is 18.1. The van der Waals surface area contributed by atoms with Crippen LogP contribution < -0.4 is 9.64 Å². The molecule has 0 bridgehead atoms. The van der Waals surface area contributed by atoms with Crippen LogP contribution in [0.4, 0.5) is 5.69 Å². The zero-order chi connectivity index (χ0) is 23.6. The van der Waals surface area contributed by atoms with Gasteiger partial charge < -0.3 is 19.0 Å². The lowest BCUT2D eigenvalue weighted by molar-refractivity contribution is 0.0692. The predicted molar refractivity (Wildman–Crippen MR) is 126 cm³/mol. The van der Waals surface area contributed by atoms with Gasteiger partial charge >= 0.3 is 0 Å². The summed E-state index contributed by atoms with van der Waals surface area (Å²) in [5.41, 5.74) is 2.35. The molecule has 0 saturated carbocycles. The first-order valence-corrected chi connectivity index (χ1v) is 12.5. The zero-order valence-electron chi connectivity index (χ0n) is 19.0. The molecule has 1 aliphatic rings. The van der Waals surface area contributed by atoms with E-state index in [9.17, 15) is 13.2 Å². The lowest BCUT2D eigenvalue weighted by Gasteiger charge is -2.41. The molecule has 0 unspecified atom stereocenters. The van der Waals surface area contributed by atoms with Crippen molar-refractivity contribution in [3.8, 4) is 5.75 Å². The second-order valence-electron chi connectivity index (χ2n) is 8.31. The number of carbonyl (C=O) groups excluding carboxylic acids is 1. The largest absolute Gasteiger partial charge is 0.495 e. The van der Waals surface area contributed by atoms with Crippen LogP contribution in [-0.2, 0) is 15.6 Å². The Morgan fingerprint density at radius 2 is 1.79 bits per heavy atom. The van der Waals surface area contributed by atoms with E-state index in [4.69, 9.17) is 9.15 Å². The van der Waals surface area contributed by atoms with Gasteiger partial charge in [-0.15, -0.1) is 0 Å². The number of ether oxygens (including phenoxy) is 1. The summed E-state index contributed by atoms with van der Waals surface area (Å²) in [6.45, 7) is 5.98. The first-order valence-electron chi connectivity index (χ1n) is 10.9. The molecule has 0 radical (unpaired) electrons. The molecule has 0 N–H and O–H groups in total. The molecule has 2 heterocycles. The van der Waals surface area contributed by atoms with E-state index < -0.39 is 9.84 Å². The summed E-state index contributed by atoms with van der Waals surface area (Å²) in [5.74, 6) is 0.0667. The summed E-state index contributed by atoms with van der Waals surface area (Å²) in [4.78, 5) is 17.2. The zero-order valence-corrected chi connectivity index (χ0v) is 19.8. The molecule has 2 aromatic carbocycles. The molecule has 0 aliphatic carbocycles. The monoisotopic (exact) mass is 468 g/mol. The highest BCUT2D eigenvalue weighted by atomic mass is 32.2. The van der Waals surface area contributed by atoms with Crippen molar-refractivity contribution in [2.24, 2.45) is 0 Å². The summed E-state index contributed by atoms with van der Waals surface area (Å²) in [5, 5.41) is 0. The number of amides is 1. The topological polar surface area (TPSA) is 80.1 Å². The Bertz CT molecular complexity index is 1230. The van der Waals surface area contributed by atoms with Gasteiger partial charge in [-0.2, -0.15) is 0 Å². The number of carbonyl (C=O) groups is 1. The van der Waals surface area contributed by atoms with Crippen LogP contribution in [0.15, 0.2) is 70.0 Å². The maximum atomic E-state index is 13.0. The quantitative estimate of drug-likeness (QED) is 0.546. The maximum absolute atomic E-state index is 13.0. The van der Waals surface area contributed by atoms with Crippen LogP contribution in [0.25, 0.3) is 0 Å². The maximum Gasteiger partial charge on any atom is 0.289 e. The Morgan fingerprint density at radius 3 is 2.48 bits per heavy atom. The predicted octanol–water partition coefficient (Wildman–Crippen LogP) is 3.92.